The third-order valence-electron chi connectivity index (χ3n) is 2.80. The van der Waals surface area contributed by atoms with Crippen LogP contribution >= 0.6 is 0 Å². The molecule has 0 aliphatic heterocycles. The molecule has 1 aromatic rings. The second-order valence-electron chi connectivity index (χ2n) is 4.38. The second-order valence-corrected chi connectivity index (χ2v) is 6.17. The monoisotopic (exact) mass is 256 g/mol. The van der Waals surface area contributed by atoms with Crippen LogP contribution in [0.1, 0.15) is 31.1 Å². The molecule has 0 amide bonds. The molecule has 4 heteroatoms. The highest BCUT2D eigenvalue weighted by Gasteiger charge is 2.20. The van der Waals surface area contributed by atoms with Crippen molar-refractivity contribution in [3.8, 4) is 0 Å². The van der Waals surface area contributed by atoms with E-state index >= 15 is 0 Å². The lowest BCUT2D eigenvalue weighted by Crippen LogP contribution is -2.24. The molecular formula is C13H17FO2S. The predicted molar refractivity (Wildman–Crippen MR) is 68.0 cm³/mol. The summed E-state index contributed by atoms with van der Waals surface area (Å²) >= 11 is 0. The van der Waals surface area contributed by atoms with Crippen LogP contribution in [-0.4, -0.2) is 21.0 Å². The minimum absolute atomic E-state index is 0.0248. The smallest absolute Gasteiger partial charge is 0.178 e. The standard InChI is InChI=1S/C13H17FO2S/c1-9(2)10(3)17(16)8-13(15)11-6-4-5-7-12(11)14/h4-7,9-10H,8H2,1-3H3. The fourth-order valence-electron chi connectivity index (χ4n) is 1.33. The van der Waals surface area contributed by atoms with Gasteiger partial charge in [-0.25, -0.2) is 4.39 Å². The number of ketones is 1. The van der Waals surface area contributed by atoms with Gasteiger partial charge >= 0.3 is 0 Å². The Balaban J connectivity index is 2.74. The van der Waals surface area contributed by atoms with Crippen molar-refractivity contribution in [3.63, 3.8) is 0 Å². The van der Waals surface area contributed by atoms with Crippen molar-refractivity contribution in [2.75, 3.05) is 5.75 Å². The first-order chi connectivity index (χ1) is 7.93. The van der Waals surface area contributed by atoms with Crippen LogP contribution < -0.4 is 0 Å². The zero-order valence-electron chi connectivity index (χ0n) is 10.3. The highest BCUT2D eigenvalue weighted by Crippen LogP contribution is 2.12. The molecule has 0 aliphatic rings. The number of carbonyl (C=O) groups excluding carboxylic acids is 1. The fraction of sp³-hybridized carbons (Fsp3) is 0.462. The van der Waals surface area contributed by atoms with Gasteiger partial charge in [0, 0.05) is 16.0 Å². The Hall–Kier alpha value is -1.03. The first-order valence-corrected chi connectivity index (χ1v) is 6.96. The quantitative estimate of drug-likeness (QED) is 0.759. The Morgan fingerprint density at radius 1 is 1.29 bits per heavy atom. The predicted octanol–water partition coefficient (Wildman–Crippen LogP) is 2.80. The zero-order valence-corrected chi connectivity index (χ0v) is 11.1. The van der Waals surface area contributed by atoms with Crippen molar-refractivity contribution in [2.24, 2.45) is 5.92 Å². The van der Waals surface area contributed by atoms with Crippen LogP contribution in [0.3, 0.4) is 0 Å². The maximum atomic E-state index is 13.3. The summed E-state index contributed by atoms with van der Waals surface area (Å²) in [7, 11) is -1.25. The van der Waals surface area contributed by atoms with Gasteiger partial charge in [0.15, 0.2) is 5.78 Å². The highest BCUT2D eigenvalue weighted by atomic mass is 32.2. The van der Waals surface area contributed by atoms with Gasteiger partial charge in [-0.15, -0.1) is 0 Å². The summed E-state index contributed by atoms with van der Waals surface area (Å²) in [6.07, 6.45) is 0. The number of benzene rings is 1. The lowest BCUT2D eigenvalue weighted by atomic mass is 10.1. The molecule has 0 saturated carbocycles. The molecule has 1 aromatic carbocycles. The largest absolute Gasteiger partial charge is 0.293 e. The number of Topliss-reactive ketones (excluding diaryl/α,β-unsaturated/α-hetero) is 1. The number of halogens is 1. The van der Waals surface area contributed by atoms with Crippen LogP contribution in [0.2, 0.25) is 0 Å². The van der Waals surface area contributed by atoms with Gasteiger partial charge < -0.3 is 0 Å². The average Bonchev–Trinajstić information content (AvgIpc) is 2.28. The van der Waals surface area contributed by atoms with Gasteiger partial charge in [-0.05, 0) is 18.1 Å². The Bertz CT molecular complexity index is 429. The van der Waals surface area contributed by atoms with Gasteiger partial charge in [0.25, 0.3) is 0 Å². The molecule has 2 nitrogen and oxygen atoms in total. The molecule has 0 N–H and O–H groups in total. The minimum atomic E-state index is -1.25. The topological polar surface area (TPSA) is 34.1 Å². The molecule has 2 atom stereocenters. The molecule has 0 radical (unpaired) electrons. The van der Waals surface area contributed by atoms with Gasteiger partial charge in [-0.2, -0.15) is 0 Å². The molecule has 1 rings (SSSR count). The van der Waals surface area contributed by atoms with Crippen molar-refractivity contribution in [2.45, 2.75) is 26.0 Å². The molecule has 2 unspecified atom stereocenters. The van der Waals surface area contributed by atoms with Gasteiger partial charge in [-0.3, -0.25) is 9.00 Å². The molecule has 0 spiro atoms. The second kappa shape index (κ2) is 6.05. The summed E-state index contributed by atoms with van der Waals surface area (Å²) in [6.45, 7) is 5.75. The maximum absolute atomic E-state index is 13.3. The fourth-order valence-corrected chi connectivity index (χ4v) is 2.61. The van der Waals surface area contributed by atoms with Crippen molar-refractivity contribution >= 4 is 16.6 Å². The van der Waals surface area contributed by atoms with Crippen molar-refractivity contribution in [3.05, 3.63) is 35.6 Å². The van der Waals surface area contributed by atoms with Crippen molar-refractivity contribution in [1.82, 2.24) is 0 Å². The van der Waals surface area contributed by atoms with E-state index in [0.29, 0.717) is 0 Å². The van der Waals surface area contributed by atoms with Crippen molar-refractivity contribution < 1.29 is 13.4 Å². The molecule has 17 heavy (non-hydrogen) atoms. The first-order valence-electron chi connectivity index (χ1n) is 5.58. The van der Waals surface area contributed by atoms with Gasteiger partial charge in [-0.1, -0.05) is 32.9 Å². The third-order valence-corrected chi connectivity index (χ3v) is 4.72. The lowest BCUT2D eigenvalue weighted by Gasteiger charge is -2.14. The Labute approximate surface area is 104 Å². The van der Waals surface area contributed by atoms with E-state index in [9.17, 15) is 13.4 Å². The molecule has 0 bridgehead atoms. The van der Waals surface area contributed by atoms with E-state index in [2.05, 4.69) is 0 Å². The van der Waals surface area contributed by atoms with Gasteiger partial charge in [0.05, 0.1) is 11.3 Å². The van der Waals surface area contributed by atoms with E-state index in [1.54, 1.807) is 6.07 Å². The van der Waals surface area contributed by atoms with Gasteiger partial charge in [0.1, 0.15) is 5.82 Å². The normalized spacial score (nSPS) is 14.6. The number of hydrogen-bond acceptors (Lipinski definition) is 2. The molecule has 0 fully saturated rings. The molecular weight excluding hydrogens is 239 g/mol. The summed E-state index contributed by atoms with van der Waals surface area (Å²) in [4.78, 5) is 11.8. The van der Waals surface area contributed by atoms with E-state index in [-0.39, 0.29) is 22.5 Å². The maximum Gasteiger partial charge on any atom is 0.178 e. The van der Waals surface area contributed by atoms with Crippen molar-refractivity contribution in [1.29, 1.82) is 0 Å². The van der Waals surface area contributed by atoms with Crippen LogP contribution in [0.15, 0.2) is 24.3 Å². The molecule has 0 heterocycles. The van der Waals surface area contributed by atoms with E-state index in [1.807, 2.05) is 20.8 Å². The lowest BCUT2D eigenvalue weighted by molar-refractivity contribution is 0.101. The van der Waals surface area contributed by atoms with Crippen LogP contribution in [0, 0.1) is 11.7 Å². The first kappa shape index (κ1) is 14.0. The average molecular weight is 256 g/mol. The Morgan fingerprint density at radius 3 is 2.41 bits per heavy atom. The molecule has 0 aromatic heterocycles. The van der Waals surface area contributed by atoms with Crippen LogP contribution in [0.5, 0.6) is 0 Å². The third kappa shape index (κ3) is 3.73. The van der Waals surface area contributed by atoms with E-state index in [4.69, 9.17) is 0 Å². The van der Waals surface area contributed by atoms with Crippen LogP contribution in [0.4, 0.5) is 4.39 Å². The van der Waals surface area contributed by atoms with E-state index < -0.39 is 22.4 Å². The Kier molecular flexibility index (Phi) is 5.00. The molecule has 94 valence electrons. The summed E-state index contributed by atoms with van der Waals surface area (Å²) in [6, 6.07) is 5.79. The van der Waals surface area contributed by atoms with E-state index in [1.165, 1.54) is 18.2 Å². The SMILES string of the molecule is CC(C)C(C)S(=O)CC(=O)c1ccccc1F. The summed E-state index contributed by atoms with van der Waals surface area (Å²) < 4.78 is 25.2. The van der Waals surface area contributed by atoms with Crippen LogP contribution in [-0.2, 0) is 10.8 Å². The molecule has 0 aliphatic carbocycles. The summed E-state index contributed by atoms with van der Waals surface area (Å²) in [5.74, 6) is -0.815. The number of rotatable bonds is 5. The Morgan fingerprint density at radius 2 is 1.88 bits per heavy atom. The number of carbonyl (C=O) groups is 1. The summed E-state index contributed by atoms with van der Waals surface area (Å²) in [5, 5.41) is -0.0641. The highest BCUT2D eigenvalue weighted by molar-refractivity contribution is 7.86. The minimum Gasteiger partial charge on any atom is -0.293 e. The number of hydrogen-bond donors (Lipinski definition) is 0. The zero-order chi connectivity index (χ0) is 13.0. The van der Waals surface area contributed by atoms with Gasteiger partial charge in [0.2, 0.25) is 0 Å². The summed E-state index contributed by atoms with van der Waals surface area (Å²) in [5.41, 5.74) is 0.0248. The van der Waals surface area contributed by atoms with Crippen LogP contribution in [0.25, 0.3) is 0 Å². The van der Waals surface area contributed by atoms with E-state index in [0.717, 1.165) is 0 Å². The molecule has 0 saturated heterocycles.